The van der Waals surface area contributed by atoms with Crippen LogP contribution < -0.4 is 19.5 Å². The lowest BCUT2D eigenvalue weighted by Gasteiger charge is -2.25. The molecule has 3 amide bonds. The first-order chi connectivity index (χ1) is 23.5. The number of sulfonamides is 1. The molecule has 6 rings (SSSR count). The normalized spacial score (nSPS) is 23.9. The van der Waals surface area contributed by atoms with E-state index in [-0.39, 0.29) is 31.3 Å². The number of ether oxygens (including phenoxy) is 2. The van der Waals surface area contributed by atoms with Crippen LogP contribution in [0, 0.1) is 18.8 Å². The van der Waals surface area contributed by atoms with E-state index in [1.807, 2.05) is 37.4 Å². The molecule has 3 aliphatic rings. The van der Waals surface area contributed by atoms with Crippen LogP contribution in [-0.2, 0) is 24.4 Å². The van der Waals surface area contributed by atoms with Crippen molar-refractivity contribution in [2.24, 2.45) is 11.8 Å². The van der Waals surface area contributed by atoms with E-state index in [1.54, 1.807) is 29.8 Å². The van der Waals surface area contributed by atoms with Crippen molar-refractivity contribution in [2.45, 2.75) is 88.3 Å². The molecule has 14 heteroatoms. The number of carbonyl (C=O) groups is 3. The molecule has 2 N–H and O–H groups in total. The molecule has 1 saturated heterocycles. The zero-order valence-corrected chi connectivity index (χ0v) is 29.3. The number of nitrogens with zero attached hydrogens (tertiary/aromatic N) is 4. The second-order valence-corrected chi connectivity index (χ2v) is 15.7. The van der Waals surface area contributed by atoms with Crippen LogP contribution >= 0.6 is 0 Å². The number of nitrogens with one attached hydrogen (secondary N) is 2. The van der Waals surface area contributed by atoms with E-state index >= 15 is 0 Å². The Morgan fingerprint density at radius 1 is 1.08 bits per heavy atom. The van der Waals surface area contributed by atoms with Gasteiger partial charge in [-0.2, -0.15) is 5.10 Å². The van der Waals surface area contributed by atoms with Crippen molar-refractivity contribution in [3.63, 3.8) is 0 Å². The van der Waals surface area contributed by atoms with Crippen LogP contribution in [0.5, 0.6) is 11.5 Å². The fourth-order valence-electron chi connectivity index (χ4n) is 6.64. The number of aryl methyl sites for hydroxylation is 1. The quantitative estimate of drug-likeness (QED) is 0.339. The Kier molecular flexibility index (Phi) is 10.1. The largest absolute Gasteiger partial charge is 0.497 e. The molecule has 1 aromatic carbocycles. The summed E-state index contributed by atoms with van der Waals surface area (Å²) in [6.45, 7) is 2.58. The van der Waals surface area contributed by atoms with Crippen LogP contribution in [-0.4, -0.2) is 83.9 Å². The number of amides is 3. The van der Waals surface area contributed by atoms with Crippen molar-refractivity contribution >= 4 is 38.6 Å². The number of carbonyl (C=O) groups excluding carboxylic acids is 3. The zero-order chi connectivity index (χ0) is 34.8. The first-order valence-electron chi connectivity index (χ1n) is 17.3. The number of aromatic nitrogens is 3. The molecular formula is C35H46N6O7S. The minimum Gasteiger partial charge on any atom is -0.497 e. The van der Waals surface area contributed by atoms with Gasteiger partial charge in [0, 0.05) is 49.6 Å². The maximum absolute atomic E-state index is 14.0. The van der Waals surface area contributed by atoms with Gasteiger partial charge in [0.2, 0.25) is 21.8 Å². The van der Waals surface area contributed by atoms with Crippen LogP contribution in [0.15, 0.2) is 36.5 Å². The molecule has 0 radical (unpaired) electrons. The predicted octanol–water partition coefficient (Wildman–Crippen LogP) is 3.81. The Balaban J connectivity index is 1.24. The van der Waals surface area contributed by atoms with E-state index in [0.29, 0.717) is 55.1 Å². The summed E-state index contributed by atoms with van der Waals surface area (Å²) in [5.74, 6) is -0.588. The summed E-state index contributed by atoms with van der Waals surface area (Å²) in [4.78, 5) is 47.4. The van der Waals surface area contributed by atoms with Crippen molar-refractivity contribution in [1.29, 1.82) is 0 Å². The van der Waals surface area contributed by atoms with Crippen LogP contribution in [0.25, 0.3) is 16.7 Å². The summed E-state index contributed by atoms with van der Waals surface area (Å²) in [7, 11) is -0.470. The topological polar surface area (TPSA) is 162 Å². The lowest BCUT2D eigenvalue weighted by Crippen LogP contribution is -2.54. The summed E-state index contributed by atoms with van der Waals surface area (Å²) in [6, 6.07) is 9.14. The average molecular weight is 695 g/mol. The minimum atomic E-state index is -3.80. The molecule has 49 heavy (non-hydrogen) atoms. The van der Waals surface area contributed by atoms with Crippen molar-refractivity contribution in [2.75, 3.05) is 27.3 Å². The highest BCUT2D eigenvalue weighted by atomic mass is 32.2. The fraction of sp³-hybridized carbons (Fsp3) is 0.571. The Morgan fingerprint density at radius 2 is 1.86 bits per heavy atom. The van der Waals surface area contributed by atoms with Gasteiger partial charge in [-0.25, -0.2) is 18.1 Å². The van der Waals surface area contributed by atoms with Gasteiger partial charge in [0.15, 0.2) is 5.82 Å². The number of hydrogen-bond donors (Lipinski definition) is 2. The Morgan fingerprint density at radius 3 is 2.59 bits per heavy atom. The average Bonchev–Trinajstić information content (AvgIpc) is 4.00. The summed E-state index contributed by atoms with van der Waals surface area (Å²) in [5, 5.41) is 7.61. The van der Waals surface area contributed by atoms with E-state index < -0.39 is 38.5 Å². The third-order valence-corrected chi connectivity index (χ3v) is 11.8. The van der Waals surface area contributed by atoms with Crippen LogP contribution in [0.1, 0.15) is 76.3 Å². The highest BCUT2D eigenvalue weighted by molar-refractivity contribution is 7.91. The zero-order valence-electron chi connectivity index (χ0n) is 28.4. The Labute approximate surface area is 287 Å². The lowest BCUT2D eigenvalue weighted by atomic mass is 9.98. The number of fused-ring (bicyclic) bond motifs is 2. The second kappa shape index (κ2) is 14.3. The summed E-state index contributed by atoms with van der Waals surface area (Å²) in [5.41, 5.74) is 0.150. The van der Waals surface area contributed by atoms with Crippen molar-refractivity contribution in [1.82, 2.24) is 29.7 Å². The van der Waals surface area contributed by atoms with Gasteiger partial charge < -0.3 is 19.7 Å². The van der Waals surface area contributed by atoms with Gasteiger partial charge in [-0.3, -0.25) is 19.1 Å². The fourth-order valence-corrected chi connectivity index (χ4v) is 8.00. The lowest BCUT2D eigenvalue weighted by molar-refractivity contribution is -0.137. The molecule has 3 fully saturated rings. The van der Waals surface area contributed by atoms with E-state index in [2.05, 4.69) is 15.1 Å². The van der Waals surface area contributed by atoms with E-state index in [4.69, 9.17) is 14.5 Å². The SMILES string of the molecule is COc1ccc2c(OCC[C@@H]3CC(=O)N(C)CCCCCCC[C@@H]4C[C@@]4(C(=O)NS(=O)(=O)C4CC4)NC3=O)cc(-n3ccc(C)n3)nc2c1. The standard InChI is InChI=1S/C35H46N6O7S/c1-23-14-17-41(38-23)31-21-30(28-13-10-26(47-3)20-29(28)36-31)48-18-15-24-19-32(42)40(2)16-8-6-4-5-7-9-25-22-35(25,37-33(24)43)34(44)39-49(45,46)27-11-12-27/h10,13-14,17,20-21,24-25,27H,4-9,11-12,15-16,18-19,22H2,1-3H3,(H,37,43)(H,39,44)/t24-,25-,35-/m1/s1. The molecule has 0 spiro atoms. The van der Waals surface area contributed by atoms with Crippen molar-refractivity contribution in [3.05, 3.63) is 42.2 Å². The van der Waals surface area contributed by atoms with Gasteiger partial charge in [0.25, 0.3) is 5.91 Å². The highest BCUT2D eigenvalue weighted by Gasteiger charge is 2.62. The molecular weight excluding hydrogens is 648 g/mol. The van der Waals surface area contributed by atoms with Gasteiger partial charge in [-0.05, 0) is 69.6 Å². The van der Waals surface area contributed by atoms with Gasteiger partial charge >= 0.3 is 0 Å². The van der Waals surface area contributed by atoms with Gasteiger partial charge in [-0.1, -0.05) is 25.7 Å². The number of pyridine rings is 1. The summed E-state index contributed by atoms with van der Waals surface area (Å²) >= 11 is 0. The van der Waals surface area contributed by atoms with Crippen molar-refractivity contribution < 1.29 is 32.3 Å². The maximum atomic E-state index is 14.0. The Bertz CT molecular complexity index is 1820. The second-order valence-electron chi connectivity index (χ2n) is 13.7. The third-order valence-electron chi connectivity index (χ3n) is 9.97. The molecule has 264 valence electrons. The summed E-state index contributed by atoms with van der Waals surface area (Å²) in [6.07, 6.45) is 8.75. The van der Waals surface area contributed by atoms with E-state index in [9.17, 15) is 22.8 Å². The third kappa shape index (κ3) is 8.00. The number of methoxy groups -OCH3 is 1. The van der Waals surface area contributed by atoms with Gasteiger partial charge in [-0.15, -0.1) is 0 Å². The number of rotatable bonds is 9. The van der Waals surface area contributed by atoms with Gasteiger partial charge in [0.05, 0.1) is 30.2 Å². The molecule has 13 nitrogen and oxygen atoms in total. The molecule has 3 heterocycles. The molecule has 3 atom stereocenters. The van der Waals surface area contributed by atoms with Gasteiger partial charge in [0.1, 0.15) is 17.0 Å². The van der Waals surface area contributed by atoms with Crippen LogP contribution in [0.4, 0.5) is 0 Å². The summed E-state index contributed by atoms with van der Waals surface area (Å²) < 4.78 is 41.1. The number of benzene rings is 1. The van der Waals surface area contributed by atoms with Crippen LogP contribution in [0.2, 0.25) is 0 Å². The molecule has 2 aliphatic carbocycles. The molecule has 2 aromatic heterocycles. The number of hydrogen-bond acceptors (Lipinski definition) is 9. The molecule has 3 aromatic rings. The first-order valence-corrected chi connectivity index (χ1v) is 18.8. The highest BCUT2D eigenvalue weighted by Crippen LogP contribution is 2.48. The molecule has 2 saturated carbocycles. The van der Waals surface area contributed by atoms with E-state index in [1.165, 1.54) is 0 Å². The first kappa shape index (κ1) is 34.7. The molecule has 0 unspecified atom stereocenters. The van der Waals surface area contributed by atoms with Crippen LogP contribution in [0.3, 0.4) is 0 Å². The van der Waals surface area contributed by atoms with E-state index in [0.717, 1.165) is 43.2 Å². The van der Waals surface area contributed by atoms with Crippen molar-refractivity contribution in [3.8, 4) is 17.3 Å². The Hall–Kier alpha value is -4.20. The molecule has 0 bridgehead atoms. The predicted molar refractivity (Wildman–Crippen MR) is 183 cm³/mol. The minimum absolute atomic E-state index is 0.0689. The smallest absolute Gasteiger partial charge is 0.259 e. The monoisotopic (exact) mass is 694 g/mol. The molecule has 1 aliphatic heterocycles. The maximum Gasteiger partial charge on any atom is 0.259 e.